The van der Waals surface area contributed by atoms with Gasteiger partial charge in [0.2, 0.25) is 0 Å². The molecule has 3 aromatic rings. The van der Waals surface area contributed by atoms with Crippen molar-refractivity contribution >= 4 is 11.6 Å². The summed E-state index contributed by atoms with van der Waals surface area (Å²) in [5.41, 5.74) is 7.07. The third-order valence-corrected chi connectivity index (χ3v) is 4.99. The number of aromatic nitrogens is 4. The number of H-pyrrole nitrogens is 1. The van der Waals surface area contributed by atoms with E-state index in [4.69, 9.17) is 15.7 Å². The third-order valence-electron chi connectivity index (χ3n) is 4.99. The van der Waals surface area contributed by atoms with E-state index in [0.717, 1.165) is 0 Å². The van der Waals surface area contributed by atoms with Crippen molar-refractivity contribution in [2.45, 2.75) is 44.6 Å². The Hall–Kier alpha value is -3.64. The molecule has 0 radical (unpaired) electrons. The van der Waals surface area contributed by atoms with Gasteiger partial charge in [0.15, 0.2) is 11.5 Å². The van der Waals surface area contributed by atoms with Gasteiger partial charge in [0.05, 0.1) is 30.8 Å². The van der Waals surface area contributed by atoms with E-state index in [2.05, 4.69) is 25.5 Å². The molecule has 1 saturated carbocycles. The predicted molar refractivity (Wildman–Crippen MR) is 118 cm³/mol. The third kappa shape index (κ3) is 6.17. The van der Waals surface area contributed by atoms with E-state index in [1.54, 1.807) is 24.3 Å². The number of nitriles is 1. The largest absolute Gasteiger partial charge is 0.507 e. The first-order valence-electron chi connectivity index (χ1n) is 10.3. The molecule has 0 unspecified atom stereocenters. The number of anilines is 2. The maximum Gasteiger partial charge on any atom is 0.158 e. The van der Waals surface area contributed by atoms with Crippen LogP contribution in [0.1, 0.15) is 44.2 Å². The summed E-state index contributed by atoms with van der Waals surface area (Å²) in [5.74, 6) is 1.55. The van der Waals surface area contributed by atoms with Crippen LogP contribution in [-0.2, 0) is 0 Å². The van der Waals surface area contributed by atoms with Gasteiger partial charge in [0.25, 0.3) is 0 Å². The Morgan fingerprint density at radius 2 is 1.94 bits per heavy atom. The molecule has 162 valence electrons. The molecule has 1 aliphatic rings. The monoisotopic (exact) mass is 421 g/mol. The van der Waals surface area contributed by atoms with E-state index in [0.29, 0.717) is 34.7 Å². The van der Waals surface area contributed by atoms with Crippen LogP contribution in [0.2, 0.25) is 0 Å². The van der Waals surface area contributed by atoms with Crippen molar-refractivity contribution in [3.8, 4) is 28.8 Å². The van der Waals surface area contributed by atoms with Crippen molar-refractivity contribution in [2.24, 2.45) is 5.73 Å². The van der Waals surface area contributed by atoms with Gasteiger partial charge in [-0.05, 0) is 25.0 Å². The highest BCUT2D eigenvalue weighted by molar-refractivity contribution is 5.75. The van der Waals surface area contributed by atoms with Crippen LogP contribution >= 0.6 is 0 Å². The van der Waals surface area contributed by atoms with E-state index in [-0.39, 0.29) is 11.4 Å². The van der Waals surface area contributed by atoms with E-state index in [1.807, 2.05) is 6.07 Å². The number of aromatic hydroxyl groups is 1. The highest BCUT2D eigenvalue weighted by atomic mass is 16.5. The molecule has 9 heteroatoms. The summed E-state index contributed by atoms with van der Waals surface area (Å²) in [6, 6.07) is 9.14. The molecule has 0 bridgehead atoms. The number of methoxy groups -OCH3 is 1. The van der Waals surface area contributed by atoms with Crippen LogP contribution < -0.4 is 15.8 Å². The van der Waals surface area contributed by atoms with Gasteiger partial charge in [-0.3, -0.25) is 5.10 Å². The molecule has 1 aromatic carbocycles. The molecule has 9 nitrogen and oxygen atoms in total. The number of benzene rings is 1. The molecule has 5 N–H and O–H groups in total. The van der Waals surface area contributed by atoms with Crippen LogP contribution in [0, 0.1) is 11.3 Å². The fourth-order valence-electron chi connectivity index (χ4n) is 3.37. The number of hydrogen-bond acceptors (Lipinski definition) is 8. The van der Waals surface area contributed by atoms with Gasteiger partial charge in [-0.15, -0.1) is 0 Å². The van der Waals surface area contributed by atoms with Gasteiger partial charge >= 0.3 is 0 Å². The summed E-state index contributed by atoms with van der Waals surface area (Å²) in [5, 5.41) is 28.6. The summed E-state index contributed by atoms with van der Waals surface area (Å²) in [6.45, 7) is 0. The first-order chi connectivity index (χ1) is 15.1. The van der Waals surface area contributed by atoms with Crippen molar-refractivity contribution in [1.82, 2.24) is 20.2 Å². The van der Waals surface area contributed by atoms with Crippen molar-refractivity contribution < 1.29 is 9.84 Å². The van der Waals surface area contributed by atoms with Crippen LogP contribution in [0.4, 0.5) is 11.6 Å². The summed E-state index contributed by atoms with van der Waals surface area (Å²) in [7, 11) is 1.53. The van der Waals surface area contributed by atoms with Gasteiger partial charge in [-0.25, -0.2) is 9.97 Å². The van der Waals surface area contributed by atoms with Gasteiger partial charge < -0.3 is 20.9 Å². The summed E-state index contributed by atoms with van der Waals surface area (Å²) in [6.07, 6.45) is 10.9. The number of phenols is 1. The summed E-state index contributed by atoms with van der Waals surface area (Å²) >= 11 is 0. The fraction of sp³-hybridized carbons (Fsp3) is 0.364. The lowest BCUT2D eigenvalue weighted by molar-refractivity contribution is 0.410. The van der Waals surface area contributed by atoms with Crippen LogP contribution in [0.3, 0.4) is 0 Å². The second-order valence-corrected chi connectivity index (χ2v) is 7.30. The highest BCUT2D eigenvalue weighted by Gasteiger charge is 2.14. The van der Waals surface area contributed by atoms with Crippen molar-refractivity contribution in [3.05, 3.63) is 42.4 Å². The number of nitrogens with two attached hydrogens (primary N) is 1. The molecule has 1 fully saturated rings. The van der Waals surface area contributed by atoms with Crippen LogP contribution in [0.5, 0.6) is 11.5 Å². The molecule has 31 heavy (non-hydrogen) atoms. The number of ether oxygens (including phenoxy) is 1. The second kappa shape index (κ2) is 10.9. The minimum Gasteiger partial charge on any atom is -0.507 e. The Labute approximate surface area is 181 Å². The van der Waals surface area contributed by atoms with Crippen LogP contribution in [0.25, 0.3) is 11.3 Å². The number of rotatable bonds is 4. The van der Waals surface area contributed by atoms with Gasteiger partial charge in [0.1, 0.15) is 23.4 Å². The lowest BCUT2D eigenvalue weighted by Crippen LogP contribution is -2.17. The molecular formula is C22H27N7O2. The van der Waals surface area contributed by atoms with E-state index in [1.165, 1.54) is 58.0 Å². The average Bonchev–Trinajstić information content (AvgIpc) is 3.10. The Balaban J connectivity index is 0.000000287. The number of phenolic OH excluding ortho intramolecular Hbond substituents is 1. The maximum atomic E-state index is 10.0. The molecule has 0 saturated heterocycles. The number of nitrogens with zero attached hydrogens (tertiary/aromatic N) is 4. The minimum atomic E-state index is 0.0812. The molecule has 4 rings (SSSR count). The topological polar surface area (TPSA) is 146 Å². The number of aromatic amines is 1. The average molecular weight is 422 g/mol. The lowest BCUT2D eigenvalue weighted by atomic mass is 10.1. The molecule has 2 heterocycles. The summed E-state index contributed by atoms with van der Waals surface area (Å²) < 4.78 is 5.25. The lowest BCUT2D eigenvalue weighted by Gasteiger charge is -2.07. The predicted octanol–water partition coefficient (Wildman–Crippen LogP) is 3.86. The van der Waals surface area contributed by atoms with Crippen LogP contribution in [0.15, 0.2) is 36.7 Å². The zero-order valence-electron chi connectivity index (χ0n) is 17.5. The Morgan fingerprint density at radius 1 is 1.16 bits per heavy atom. The van der Waals surface area contributed by atoms with E-state index < -0.39 is 0 Å². The molecule has 2 aromatic heterocycles. The molecular weight excluding hydrogens is 394 g/mol. The zero-order valence-corrected chi connectivity index (χ0v) is 17.5. The molecule has 0 spiro atoms. The zero-order chi connectivity index (χ0) is 22.1. The van der Waals surface area contributed by atoms with Gasteiger partial charge in [-0.1, -0.05) is 31.7 Å². The normalized spacial score (nSPS) is 14.0. The molecule has 1 aliphatic carbocycles. The van der Waals surface area contributed by atoms with Crippen molar-refractivity contribution in [2.75, 3.05) is 12.4 Å². The number of hydrogen-bond donors (Lipinski definition) is 4. The molecule has 0 atom stereocenters. The standard InChI is InChI=1S/C15H12N6O2.C7H15N/c1-23-12-4-2-3-11(22)15(12)10-5-13(21-20-10)19-14-8-17-9(6-16)7-18-14;8-7-5-3-1-2-4-6-7/h2-5,7-8,22H,1H3,(H2,18,19,20,21);7H,1-6,8H2. The smallest absolute Gasteiger partial charge is 0.158 e. The molecule has 0 aliphatic heterocycles. The molecule has 0 amide bonds. The maximum absolute atomic E-state index is 10.0. The van der Waals surface area contributed by atoms with E-state index in [9.17, 15) is 5.11 Å². The summed E-state index contributed by atoms with van der Waals surface area (Å²) in [4.78, 5) is 7.97. The van der Waals surface area contributed by atoms with Gasteiger partial charge in [0, 0.05) is 12.1 Å². The van der Waals surface area contributed by atoms with Crippen molar-refractivity contribution in [3.63, 3.8) is 0 Å². The van der Waals surface area contributed by atoms with Gasteiger partial charge in [-0.2, -0.15) is 10.4 Å². The number of nitrogens with one attached hydrogen (secondary N) is 2. The quantitative estimate of drug-likeness (QED) is 0.464. The van der Waals surface area contributed by atoms with Crippen LogP contribution in [-0.4, -0.2) is 38.4 Å². The second-order valence-electron chi connectivity index (χ2n) is 7.30. The van der Waals surface area contributed by atoms with Crippen molar-refractivity contribution in [1.29, 1.82) is 5.26 Å². The highest BCUT2D eigenvalue weighted by Crippen LogP contribution is 2.37. The SMILES string of the molecule is COc1cccc(O)c1-c1cc(Nc2cnc(C#N)cn2)n[nH]1.NC1CCCCCC1. The first kappa shape index (κ1) is 22.1. The Morgan fingerprint density at radius 3 is 2.58 bits per heavy atom. The Bertz CT molecular complexity index is 1000. The fourth-order valence-corrected chi connectivity index (χ4v) is 3.37. The minimum absolute atomic E-state index is 0.0812. The Kier molecular flexibility index (Phi) is 7.79. The van der Waals surface area contributed by atoms with E-state index >= 15 is 0 Å². The first-order valence-corrected chi connectivity index (χ1v) is 10.3.